The van der Waals surface area contributed by atoms with Crippen molar-refractivity contribution < 1.29 is 18.7 Å². The van der Waals surface area contributed by atoms with Crippen LogP contribution in [0.25, 0.3) is 22.2 Å². The van der Waals surface area contributed by atoms with E-state index in [2.05, 4.69) is 4.98 Å². The van der Waals surface area contributed by atoms with Gasteiger partial charge in [-0.25, -0.2) is 9.18 Å². The summed E-state index contributed by atoms with van der Waals surface area (Å²) < 4.78 is 25.7. The van der Waals surface area contributed by atoms with Gasteiger partial charge in [0.2, 0.25) is 5.88 Å². The minimum atomic E-state index is -0.795. The molecule has 4 aromatic rings. The third kappa shape index (κ3) is 4.11. The predicted molar refractivity (Wildman–Crippen MR) is 108 cm³/mol. The molecular formula is C23H19FN2O3. The zero-order chi connectivity index (χ0) is 20.2. The largest absolute Gasteiger partial charge is 0.515 e. The highest BCUT2D eigenvalue weighted by molar-refractivity contribution is 5.83. The number of pyridine rings is 1. The Bertz CT molecular complexity index is 1160. The van der Waals surface area contributed by atoms with Crippen molar-refractivity contribution in [1.29, 1.82) is 0 Å². The average molecular weight is 390 g/mol. The van der Waals surface area contributed by atoms with Crippen molar-refractivity contribution in [1.82, 2.24) is 9.55 Å². The van der Waals surface area contributed by atoms with Crippen LogP contribution in [0.3, 0.4) is 0 Å². The summed E-state index contributed by atoms with van der Waals surface area (Å²) in [5.74, 6) is -0.0604. The summed E-state index contributed by atoms with van der Waals surface area (Å²) in [5, 5.41) is 0.640. The second-order valence-corrected chi connectivity index (χ2v) is 6.47. The normalized spacial score (nSPS) is 10.8. The van der Waals surface area contributed by atoms with Gasteiger partial charge in [-0.1, -0.05) is 30.3 Å². The van der Waals surface area contributed by atoms with Crippen molar-refractivity contribution in [3.8, 4) is 17.1 Å². The van der Waals surface area contributed by atoms with Crippen LogP contribution in [0, 0.1) is 5.82 Å². The Kier molecular flexibility index (Phi) is 5.24. The molecule has 0 aliphatic heterocycles. The first-order valence-corrected chi connectivity index (χ1v) is 9.28. The number of ether oxygens (including phenoxy) is 2. The number of hydrogen-bond donors (Lipinski definition) is 0. The average Bonchev–Trinajstić information content (AvgIpc) is 3.05. The summed E-state index contributed by atoms with van der Waals surface area (Å²) in [6.45, 7) is 2.33. The number of aromatic nitrogens is 2. The Morgan fingerprint density at radius 3 is 2.69 bits per heavy atom. The van der Waals surface area contributed by atoms with Crippen LogP contribution >= 0.6 is 0 Å². The summed E-state index contributed by atoms with van der Waals surface area (Å²) >= 11 is 0. The van der Waals surface area contributed by atoms with Gasteiger partial charge >= 0.3 is 6.16 Å². The Labute approximate surface area is 167 Å². The van der Waals surface area contributed by atoms with Crippen LogP contribution < -0.4 is 4.74 Å². The molecule has 0 unspecified atom stereocenters. The molecule has 146 valence electrons. The second-order valence-electron chi connectivity index (χ2n) is 6.47. The highest BCUT2D eigenvalue weighted by Gasteiger charge is 2.15. The summed E-state index contributed by atoms with van der Waals surface area (Å²) in [6.07, 6.45) is 0.950. The van der Waals surface area contributed by atoms with Crippen molar-refractivity contribution in [2.45, 2.75) is 13.5 Å². The topological polar surface area (TPSA) is 53.4 Å². The van der Waals surface area contributed by atoms with E-state index in [9.17, 15) is 9.18 Å². The van der Waals surface area contributed by atoms with Crippen LogP contribution in [-0.2, 0) is 11.3 Å². The van der Waals surface area contributed by atoms with Gasteiger partial charge in [0.1, 0.15) is 5.82 Å². The van der Waals surface area contributed by atoms with Crippen LogP contribution in [0.4, 0.5) is 9.18 Å². The first kappa shape index (κ1) is 18.7. The van der Waals surface area contributed by atoms with Gasteiger partial charge in [0, 0.05) is 23.2 Å². The molecule has 0 fully saturated rings. The molecule has 2 heterocycles. The van der Waals surface area contributed by atoms with Crippen molar-refractivity contribution in [3.63, 3.8) is 0 Å². The first-order valence-electron chi connectivity index (χ1n) is 9.28. The lowest BCUT2D eigenvalue weighted by Gasteiger charge is -2.12. The van der Waals surface area contributed by atoms with E-state index in [0.29, 0.717) is 17.8 Å². The smallest absolute Gasteiger partial charge is 0.434 e. The molecule has 0 bridgehead atoms. The highest BCUT2D eigenvalue weighted by atomic mass is 19.1. The number of fused-ring (bicyclic) bond motifs is 1. The predicted octanol–water partition coefficient (Wildman–Crippen LogP) is 5.43. The summed E-state index contributed by atoms with van der Waals surface area (Å²) in [6, 6.07) is 19.8. The van der Waals surface area contributed by atoms with Gasteiger partial charge in [-0.15, -0.1) is 0 Å². The van der Waals surface area contributed by atoms with E-state index in [1.54, 1.807) is 25.3 Å². The van der Waals surface area contributed by atoms with E-state index in [0.717, 1.165) is 22.3 Å². The number of hydrogen-bond acceptors (Lipinski definition) is 4. The van der Waals surface area contributed by atoms with Crippen LogP contribution in [0.2, 0.25) is 0 Å². The Morgan fingerprint density at radius 1 is 1.07 bits per heavy atom. The molecule has 0 atom stereocenters. The first-order chi connectivity index (χ1) is 14.1. The minimum Gasteiger partial charge on any atom is -0.434 e. The monoisotopic (exact) mass is 390 g/mol. The van der Waals surface area contributed by atoms with Crippen molar-refractivity contribution in [2.24, 2.45) is 0 Å². The van der Waals surface area contributed by atoms with E-state index < -0.39 is 6.16 Å². The molecule has 2 aromatic carbocycles. The van der Waals surface area contributed by atoms with E-state index in [1.807, 2.05) is 47.0 Å². The third-order valence-electron chi connectivity index (χ3n) is 4.51. The van der Waals surface area contributed by atoms with E-state index >= 15 is 0 Å². The van der Waals surface area contributed by atoms with Crippen LogP contribution in [0.5, 0.6) is 5.88 Å². The molecule has 0 saturated heterocycles. The Hall–Kier alpha value is -3.67. The fraction of sp³-hybridized carbons (Fsp3) is 0.130. The number of carbonyl (C=O) groups is 1. The number of benzene rings is 2. The van der Waals surface area contributed by atoms with Crippen molar-refractivity contribution >= 4 is 17.1 Å². The lowest BCUT2D eigenvalue weighted by molar-refractivity contribution is 0.101. The fourth-order valence-electron chi connectivity index (χ4n) is 3.22. The quantitative estimate of drug-likeness (QED) is 0.427. The van der Waals surface area contributed by atoms with Gasteiger partial charge in [-0.3, -0.25) is 4.98 Å². The molecule has 0 aliphatic carbocycles. The van der Waals surface area contributed by atoms with Crippen LogP contribution in [0.15, 0.2) is 72.9 Å². The molecule has 0 radical (unpaired) electrons. The summed E-state index contributed by atoms with van der Waals surface area (Å²) in [7, 11) is 0. The number of carbonyl (C=O) groups excluding carboxylic acids is 1. The molecule has 2 aromatic heterocycles. The Balaban J connectivity index is 1.72. The van der Waals surface area contributed by atoms with Crippen molar-refractivity contribution in [2.75, 3.05) is 6.61 Å². The minimum absolute atomic E-state index is 0.207. The zero-order valence-electron chi connectivity index (χ0n) is 15.8. The molecule has 4 rings (SSSR count). The molecule has 0 N–H and O–H groups in total. The lowest BCUT2D eigenvalue weighted by atomic mass is 10.1. The van der Waals surface area contributed by atoms with E-state index in [-0.39, 0.29) is 12.4 Å². The molecule has 0 amide bonds. The molecule has 29 heavy (non-hydrogen) atoms. The second kappa shape index (κ2) is 8.14. The molecule has 5 nitrogen and oxygen atoms in total. The third-order valence-corrected chi connectivity index (χ3v) is 4.51. The lowest BCUT2D eigenvalue weighted by Crippen LogP contribution is -2.13. The standard InChI is InChI=1S/C23H19FN2O3/c1-2-28-23(27)29-22-14-18-13-19(24)8-9-21(18)26(22)15-16-10-11-25-20(12-16)17-6-4-3-5-7-17/h3-14H,2,15H2,1H3. The summed E-state index contributed by atoms with van der Waals surface area (Å²) in [5.41, 5.74) is 3.58. The van der Waals surface area contributed by atoms with Gasteiger partial charge in [-0.05, 0) is 42.8 Å². The van der Waals surface area contributed by atoms with Gasteiger partial charge in [0.25, 0.3) is 0 Å². The van der Waals surface area contributed by atoms with Crippen LogP contribution in [-0.4, -0.2) is 22.3 Å². The highest BCUT2D eigenvalue weighted by Crippen LogP contribution is 2.28. The number of rotatable bonds is 5. The molecule has 0 spiro atoms. The molecule has 0 saturated carbocycles. The van der Waals surface area contributed by atoms with Gasteiger partial charge in [0.05, 0.1) is 24.4 Å². The number of halogens is 1. The maximum atomic E-state index is 13.7. The Morgan fingerprint density at radius 2 is 1.90 bits per heavy atom. The van der Waals surface area contributed by atoms with Gasteiger partial charge in [-0.2, -0.15) is 0 Å². The molecule has 6 heteroatoms. The SMILES string of the molecule is CCOC(=O)Oc1cc2cc(F)ccc2n1Cc1ccnc(-c2ccccc2)c1. The van der Waals surface area contributed by atoms with Crippen molar-refractivity contribution in [3.05, 3.63) is 84.3 Å². The zero-order valence-corrected chi connectivity index (χ0v) is 15.8. The number of nitrogens with zero attached hydrogens (tertiary/aromatic N) is 2. The molecular weight excluding hydrogens is 371 g/mol. The maximum Gasteiger partial charge on any atom is 0.515 e. The van der Waals surface area contributed by atoms with Gasteiger partial charge in [0.15, 0.2) is 0 Å². The molecule has 0 aliphatic rings. The van der Waals surface area contributed by atoms with E-state index in [1.165, 1.54) is 12.1 Å². The van der Waals surface area contributed by atoms with Gasteiger partial charge < -0.3 is 14.0 Å². The summed E-state index contributed by atoms with van der Waals surface area (Å²) in [4.78, 5) is 16.3. The van der Waals surface area contributed by atoms with E-state index in [4.69, 9.17) is 9.47 Å². The van der Waals surface area contributed by atoms with Crippen LogP contribution in [0.1, 0.15) is 12.5 Å². The maximum absolute atomic E-state index is 13.7. The fourth-order valence-corrected chi connectivity index (χ4v) is 3.22.